The van der Waals surface area contributed by atoms with Crippen LogP contribution in [0.15, 0.2) is 0 Å². The van der Waals surface area contributed by atoms with E-state index in [0.29, 0.717) is 0 Å². The molecule has 0 saturated heterocycles. The first-order chi connectivity index (χ1) is 6.42. The van der Waals surface area contributed by atoms with Crippen LogP contribution in [0.2, 0.25) is 10.4 Å². The minimum atomic E-state index is -2.90. The summed E-state index contributed by atoms with van der Waals surface area (Å²) in [5.74, 6) is -5.14. The molecule has 1 atom stereocenters. The highest BCUT2D eigenvalue weighted by atomic mass is 35.5. The van der Waals surface area contributed by atoms with Crippen LogP contribution >= 0.6 is 23.2 Å². The van der Waals surface area contributed by atoms with E-state index in [9.17, 15) is 13.2 Å². The molecule has 1 aliphatic carbocycles. The topological polar surface area (TPSA) is 25.8 Å². The van der Waals surface area contributed by atoms with Crippen LogP contribution in [-0.2, 0) is 0 Å². The van der Waals surface area contributed by atoms with Gasteiger partial charge in [-0.05, 0) is 11.6 Å². The van der Waals surface area contributed by atoms with Gasteiger partial charge in [-0.15, -0.1) is 0 Å². The average molecular weight is 243 g/mol. The third kappa shape index (κ3) is 1.54. The second-order valence-electron chi connectivity index (χ2n) is 3.00. The molecule has 2 rings (SSSR count). The van der Waals surface area contributed by atoms with Gasteiger partial charge in [-0.3, -0.25) is 0 Å². The predicted molar refractivity (Wildman–Crippen MR) is 44.3 cm³/mol. The zero-order chi connectivity index (χ0) is 10.5. The molecule has 14 heavy (non-hydrogen) atoms. The molecule has 2 nitrogen and oxygen atoms in total. The summed E-state index contributed by atoms with van der Waals surface area (Å²) in [5, 5.41) is -0.850. The van der Waals surface area contributed by atoms with Gasteiger partial charge < -0.3 is 0 Å². The van der Waals surface area contributed by atoms with E-state index >= 15 is 0 Å². The maximum absolute atomic E-state index is 13.2. The van der Waals surface area contributed by atoms with Gasteiger partial charge in [0.1, 0.15) is 0 Å². The third-order valence-electron chi connectivity index (χ3n) is 1.97. The maximum Gasteiger partial charge on any atom is 0.257 e. The summed E-state index contributed by atoms with van der Waals surface area (Å²) in [6.07, 6.45) is -0.423. The van der Waals surface area contributed by atoms with E-state index < -0.39 is 34.9 Å². The fourth-order valence-electron chi connectivity index (χ4n) is 1.15. The Labute approximate surface area is 87.1 Å². The summed E-state index contributed by atoms with van der Waals surface area (Å²) in [6, 6.07) is 0. The van der Waals surface area contributed by atoms with Crippen LogP contribution in [-0.4, -0.2) is 15.9 Å². The smallest absolute Gasteiger partial charge is 0.219 e. The standard InChI is InChI=1S/C7H3Cl2F3N2/c8-5-3(10)4(13-6(9)14-5)2-1-7(2,11)12/h2H,1H2. The van der Waals surface area contributed by atoms with Crippen molar-refractivity contribution in [3.05, 3.63) is 21.9 Å². The van der Waals surface area contributed by atoms with Crippen molar-refractivity contribution in [1.82, 2.24) is 9.97 Å². The lowest BCUT2D eigenvalue weighted by Gasteiger charge is -2.02. The highest BCUT2D eigenvalue weighted by Crippen LogP contribution is 2.56. The van der Waals surface area contributed by atoms with Gasteiger partial charge in [-0.2, -0.15) is 0 Å². The molecule has 0 aliphatic heterocycles. The van der Waals surface area contributed by atoms with Crippen LogP contribution in [0.5, 0.6) is 0 Å². The van der Waals surface area contributed by atoms with Gasteiger partial charge in [0.15, 0.2) is 11.0 Å². The van der Waals surface area contributed by atoms with E-state index in [-0.39, 0.29) is 5.28 Å². The Bertz CT molecular complexity index is 397. The van der Waals surface area contributed by atoms with Crippen LogP contribution < -0.4 is 0 Å². The summed E-state index contributed by atoms with van der Waals surface area (Å²) < 4.78 is 38.4. The van der Waals surface area contributed by atoms with Gasteiger partial charge in [0.2, 0.25) is 5.28 Å². The molecule has 0 amide bonds. The van der Waals surface area contributed by atoms with Crippen molar-refractivity contribution in [3.8, 4) is 0 Å². The van der Waals surface area contributed by atoms with E-state index in [1.807, 2.05) is 0 Å². The molecule has 1 fully saturated rings. The Morgan fingerprint density at radius 2 is 1.86 bits per heavy atom. The highest BCUT2D eigenvalue weighted by molar-refractivity contribution is 6.31. The van der Waals surface area contributed by atoms with Crippen molar-refractivity contribution in [3.63, 3.8) is 0 Å². The number of aromatic nitrogens is 2. The lowest BCUT2D eigenvalue weighted by molar-refractivity contribution is 0.111. The minimum absolute atomic E-state index is 0.325. The van der Waals surface area contributed by atoms with Crippen LogP contribution in [0.1, 0.15) is 18.0 Å². The van der Waals surface area contributed by atoms with Gasteiger partial charge in [0, 0.05) is 6.42 Å². The summed E-state index contributed by atoms with van der Waals surface area (Å²) in [6.45, 7) is 0. The zero-order valence-electron chi connectivity index (χ0n) is 6.57. The summed E-state index contributed by atoms with van der Waals surface area (Å²) in [5.41, 5.74) is -0.403. The number of hydrogen-bond donors (Lipinski definition) is 0. The molecule has 76 valence electrons. The fourth-order valence-corrected chi connectivity index (χ4v) is 1.55. The van der Waals surface area contributed by atoms with E-state index in [0.717, 1.165) is 0 Å². The Kier molecular flexibility index (Phi) is 2.12. The average Bonchev–Trinajstić information content (AvgIpc) is 2.67. The van der Waals surface area contributed by atoms with E-state index in [1.54, 1.807) is 0 Å². The van der Waals surface area contributed by atoms with Crippen LogP contribution in [0.3, 0.4) is 0 Å². The lowest BCUT2D eigenvalue weighted by Crippen LogP contribution is -2.02. The number of halogens is 5. The van der Waals surface area contributed by atoms with Crippen molar-refractivity contribution in [2.24, 2.45) is 0 Å². The lowest BCUT2D eigenvalue weighted by atomic mass is 10.2. The Morgan fingerprint density at radius 3 is 2.36 bits per heavy atom. The van der Waals surface area contributed by atoms with E-state index in [2.05, 4.69) is 9.97 Å². The summed E-state index contributed by atoms with van der Waals surface area (Å²) in [4.78, 5) is 6.70. The molecule has 0 bridgehead atoms. The summed E-state index contributed by atoms with van der Waals surface area (Å²) in [7, 11) is 0. The first-order valence-corrected chi connectivity index (χ1v) is 4.43. The number of rotatable bonds is 1. The van der Waals surface area contributed by atoms with Crippen LogP contribution in [0.25, 0.3) is 0 Å². The van der Waals surface area contributed by atoms with Gasteiger partial charge in [-0.1, -0.05) is 11.6 Å². The largest absolute Gasteiger partial charge is 0.257 e. The first-order valence-electron chi connectivity index (χ1n) is 3.68. The molecule has 1 aromatic heterocycles. The Morgan fingerprint density at radius 1 is 1.29 bits per heavy atom. The van der Waals surface area contributed by atoms with Crippen molar-refractivity contribution in [1.29, 1.82) is 0 Å². The van der Waals surface area contributed by atoms with Gasteiger partial charge in [0.05, 0.1) is 11.6 Å². The zero-order valence-corrected chi connectivity index (χ0v) is 8.08. The molecule has 1 saturated carbocycles. The van der Waals surface area contributed by atoms with Gasteiger partial charge in [0.25, 0.3) is 5.92 Å². The van der Waals surface area contributed by atoms with Crippen LogP contribution in [0, 0.1) is 5.82 Å². The normalized spacial score (nSPS) is 23.6. The summed E-state index contributed by atoms with van der Waals surface area (Å²) >= 11 is 10.7. The number of alkyl halides is 2. The molecular formula is C7H3Cl2F3N2. The molecule has 1 heterocycles. The first kappa shape index (κ1) is 9.98. The Balaban J connectivity index is 2.44. The maximum atomic E-state index is 13.2. The van der Waals surface area contributed by atoms with Gasteiger partial charge >= 0.3 is 0 Å². The molecule has 0 aromatic carbocycles. The number of hydrogen-bond acceptors (Lipinski definition) is 2. The van der Waals surface area contributed by atoms with Crippen molar-refractivity contribution < 1.29 is 13.2 Å². The molecule has 1 unspecified atom stereocenters. The minimum Gasteiger partial charge on any atom is -0.219 e. The molecular weight excluding hydrogens is 240 g/mol. The fraction of sp³-hybridized carbons (Fsp3) is 0.429. The molecule has 1 aromatic rings. The van der Waals surface area contributed by atoms with Crippen LogP contribution in [0.4, 0.5) is 13.2 Å². The third-order valence-corrected chi connectivity index (χ3v) is 2.38. The highest BCUT2D eigenvalue weighted by Gasteiger charge is 2.59. The SMILES string of the molecule is Fc1c(Cl)nc(Cl)nc1C1CC1(F)F. The molecule has 0 spiro atoms. The molecule has 0 radical (unpaired) electrons. The van der Waals surface area contributed by atoms with Crippen molar-refractivity contribution >= 4 is 23.2 Å². The number of nitrogens with zero attached hydrogens (tertiary/aromatic N) is 2. The molecule has 1 aliphatic rings. The van der Waals surface area contributed by atoms with Crippen molar-refractivity contribution in [2.75, 3.05) is 0 Å². The molecule has 0 N–H and O–H groups in total. The molecule has 7 heteroatoms. The van der Waals surface area contributed by atoms with Gasteiger partial charge in [-0.25, -0.2) is 23.1 Å². The second kappa shape index (κ2) is 2.97. The van der Waals surface area contributed by atoms with E-state index in [1.165, 1.54) is 0 Å². The second-order valence-corrected chi connectivity index (χ2v) is 3.70. The monoisotopic (exact) mass is 242 g/mol. The predicted octanol–water partition coefficient (Wildman–Crippen LogP) is 3.05. The van der Waals surface area contributed by atoms with E-state index in [4.69, 9.17) is 23.2 Å². The Hall–Kier alpha value is -0.550. The van der Waals surface area contributed by atoms with Crippen molar-refractivity contribution in [2.45, 2.75) is 18.3 Å². The quantitative estimate of drug-likeness (QED) is 0.559.